The van der Waals surface area contributed by atoms with Crippen molar-refractivity contribution in [1.82, 2.24) is 14.8 Å². The molecule has 19 heavy (non-hydrogen) atoms. The SMILES string of the molecule is CCc1cc(CC)n(-c2nccc(C)c2C(=O)O)n1. The Balaban J connectivity index is 2.68. The molecule has 2 aromatic rings. The van der Waals surface area contributed by atoms with Crippen molar-refractivity contribution in [3.63, 3.8) is 0 Å². The molecule has 0 aliphatic carbocycles. The highest BCUT2D eigenvalue weighted by atomic mass is 16.4. The summed E-state index contributed by atoms with van der Waals surface area (Å²) in [6, 6.07) is 3.69. The lowest BCUT2D eigenvalue weighted by atomic mass is 10.1. The van der Waals surface area contributed by atoms with Gasteiger partial charge in [-0.05, 0) is 37.5 Å². The minimum absolute atomic E-state index is 0.211. The van der Waals surface area contributed by atoms with Crippen LogP contribution in [0.1, 0.15) is 41.2 Å². The van der Waals surface area contributed by atoms with Gasteiger partial charge < -0.3 is 5.11 Å². The monoisotopic (exact) mass is 259 g/mol. The predicted octanol–water partition coefficient (Wildman–Crippen LogP) is 2.40. The maximum absolute atomic E-state index is 11.4. The Morgan fingerprint density at radius 3 is 2.68 bits per heavy atom. The Morgan fingerprint density at radius 1 is 1.37 bits per heavy atom. The third-order valence-electron chi connectivity index (χ3n) is 3.11. The van der Waals surface area contributed by atoms with Crippen molar-refractivity contribution in [3.8, 4) is 5.82 Å². The van der Waals surface area contributed by atoms with Crippen molar-refractivity contribution in [3.05, 3.63) is 40.8 Å². The summed E-state index contributed by atoms with van der Waals surface area (Å²) in [5.41, 5.74) is 2.81. The van der Waals surface area contributed by atoms with Crippen LogP contribution >= 0.6 is 0 Å². The van der Waals surface area contributed by atoms with Crippen molar-refractivity contribution < 1.29 is 9.90 Å². The number of carbonyl (C=O) groups is 1. The van der Waals surface area contributed by atoms with Gasteiger partial charge in [0.25, 0.3) is 0 Å². The minimum atomic E-state index is -0.976. The van der Waals surface area contributed by atoms with Crippen molar-refractivity contribution in [2.24, 2.45) is 0 Å². The summed E-state index contributed by atoms with van der Waals surface area (Å²) < 4.78 is 1.65. The first-order chi connectivity index (χ1) is 9.08. The summed E-state index contributed by atoms with van der Waals surface area (Å²) in [6.07, 6.45) is 3.21. The lowest BCUT2D eigenvalue weighted by Crippen LogP contribution is -2.12. The van der Waals surface area contributed by atoms with E-state index in [1.165, 1.54) is 0 Å². The van der Waals surface area contributed by atoms with Crippen molar-refractivity contribution in [2.45, 2.75) is 33.6 Å². The van der Waals surface area contributed by atoms with E-state index in [1.54, 1.807) is 23.9 Å². The van der Waals surface area contributed by atoms with Crippen LogP contribution in [0.15, 0.2) is 18.3 Å². The van der Waals surface area contributed by atoms with Crippen LogP contribution in [0.25, 0.3) is 5.82 Å². The third-order valence-corrected chi connectivity index (χ3v) is 3.11. The second-order valence-corrected chi connectivity index (χ2v) is 4.38. The largest absolute Gasteiger partial charge is 0.478 e. The number of hydrogen-bond donors (Lipinski definition) is 1. The van der Waals surface area contributed by atoms with E-state index in [9.17, 15) is 9.90 Å². The van der Waals surface area contributed by atoms with Gasteiger partial charge in [0.05, 0.1) is 5.69 Å². The van der Waals surface area contributed by atoms with Gasteiger partial charge in [0.1, 0.15) is 5.56 Å². The highest BCUT2D eigenvalue weighted by Crippen LogP contribution is 2.19. The van der Waals surface area contributed by atoms with E-state index in [4.69, 9.17) is 0 Å². The summed E-state index contributed by atoms with van der Waals surface area (Å²) >= 11 is 0. The van der Waals surface area contributed by atoms with E-state index in [0.717, 1.165) is 24.2 Å². The van der Waals surface area contributed by atoms with Crippen LogP contribution < -0.4 is 0 Å². The van der Waals surface area contributed by atoms with Crippen molar-refractivity contribution in [1.29, 1.82) is 0 Å². The molecule has 0 saturated heterocycles. The van der Waals surface area contributed by atoms with Crippen LogP contribution in [0.2, 0.25) is 0 Å². The normalized spacial score (nSPS) is 10.7. The van der Waals surface area contributed by atoms with Crippen LogP contribution in [0.3, 0.4) is 0 Å². The molecule has 0 unspecified atom stereocenters. The van der Waals surface area contributed by atoms with Crippen LogP contribution in [-0.4, -0.2) is 25.8 Å². The number of pyridine rings is 1. The standard InChI is InChI=1S/C14H17N3O2/c1-4-10-8-11(5-2)17(16-10)13-12(14(18)19)9(3)6-7-15-13/h6-8H,4-5H2,1-3H3,(H,18,19). The molecule has 0 aliphatic rings. The molecule has 1 N–H and O–H groups in total. The molecule has 0 saturated carbocycles. The molecule has 5 heteroatoms. The number of nitrogens with zero attached hydrogens (tertiary/aromatic N) is 3. The Labute approximate surface area is 111 Å². The number of hydrogen-bond acceptors (Lipinski definition) is 3. The minimum Gasteiger partial charge on any atom is -0.478 e. The Bertz CT molecular complexity index is 617. The average molecular weight is 259 g/mol. The van der Waals surface area contributed by atoms with Gasteiger partial charge in [-0.3, -0.25) is 0 Å². The molecule has 2 heterocycles. The van der Waals surface area contributed by atoms with Gasteiger partial charge in [0.15, 0.2) is 5.82 Å². The highest BCUT2D eigenvalue weighted by molar-refractivity contribution is 5.92. The van der Waals surface area contributed by atoms with Crippen molar-refractivity contribution >= 4 is 5.97 Å². The predicted molar refractivity (Wildman–Crippen MR) is 71.8 cm³/mol. The fourth-order valence-corrected chi connectivity index (χ4v) is 2.05. The molecule has 0 fully saturated rings. The summed E-state index contributed by atoms with van der Waals surface area (Å²) in [6.45, 7) is 5.81. The smallest absolute Gasteiger partial charge is 0.339 e. The van der Waals surface area contributed by atoms with Gasteiger partial charge in [-0.25, -0.2) is 14.5 Å². The van der Waals surface area contributed by atoms with Crippen LogP contribution in [0.5, 0.6) is 0 Å². The second-order valence-electron chi connectivity index (χ2n) is 4.38. The van der Waals surface area contributed by atoms with E-state index < -0.39 is 5.97 Å². The molecule has 0 spiro atoms. The Hall–Kier alpha value is -2.17. The maximum atomic E-state index is 11.4. The topological polar surface area (TPSA) is 68.0 Å². The lowest BCUT2D eigenvalue weighted by molar-refractivity contribution is 0.0695. The number of rotatable bonds is 4. The number of aromatic carboxylic acids is 1. The van der Waals surface area contributed by atoms with Crippen LogP contribution in [-0.2, 0) is 12.8 Å². The molecular formula is C14H17N3O2. The average Bonchev–Trinajstić information content (AvgIpc) is 2.81. The van der Waals surface area contributed by atoms with Gasteiger partial charge in [0, 0.05) is 11.9 Å². The zero-order valence-corrected chi connectivity index (χ0v) is 11.3. The third kappa shape index (κ3) is 2.36. The first-order valence-electron chi connectivity index (χ1n) is 6.35. The molecule has 2 rings (SSSR count). The van der Waals surface area contributed by atoms with Gasteiger partial charge in [0.2, 0.25) is 0 Å². The van der Waals surface area contributed by atoms with Crippen molar-refractivity contribution in [2.75, 3.05) is 0 Å². The molecule has 0 atom stereocenters. The lowest BCUT2D eigenvalue weighted by Gasteiger charge is -2.10. The summed E-state index contributed by atoms with van der Waals surface area (Å²) in [5, 5.41) is 13.8. The Morgan fingerprint density at radius 2 is 2.11 bits per heavy atom. The summed E-state index contributed by atoms with van der Waals surface area (Å²) in [5.74, 6) is -0.583. The molecule has 0 radical (unpaired) electrons. The molecule has 0 amide bonds. The van der Waals surface area contributed by atoms with Gasteiger partial charge >= 0.3 is 5.97 Å². The second kappa shape index (κ2) is 5.22. The molecule has 5 nitrogen and oxygen atoms in total. The zero-order valence-electron chi connectivity index (χ0n) is 11.3. The van der Waals surface area contributed by atoms with E-state index in [1.807, 2.05) is 19.9 Å². The molecule has 0 aliphatic heterocycles. The Kier molecular flexibility index (Phi) is 3.64. The van der Waals surface area contributed by atoms with E-state index in [0.29, 0.717) is 11.4 Å². The number of aryl methyl sites for hydroxylation is 3. The maximum Gasteiger partial charge on any atom is 0.339 e. The van der Waals surface area contributed by atoms with Gasteiger partial charge in [-0.2, -0.15) is 5.10 Å². The van der Waals surface area contributed by atoms with E-state index in [2.05, 4.69) is 10.1 Å². The quantitative estimate of drug-likeness (QED) is 0.915. The van der Waals surface area contributed by atoms with Crippen LogP contribution in [0.4, 0.5) is 0 Å². The van der Waals surface area contributed by atoms with Crippen LogP contribution in [0, 0.1) is 6.92 Å². The summed E-state index contributed by atoms with van der Waals surface area (Å²) in [4.78, 5) is 15.6. The highest BCUT2D eigenvalue weighted by Gasteiger charge is 2.18. The first kappa shape index (κ1) is 13.3. The van der Waals surface area contributed by atoms with E-state index >= 15 is 0 Å². The molecule has 100 valence electrons. The zero-order chi connectivity index (χ0) is 14.0. The van der Waals surface area contributed by atoms with E-state index in [-0.39, 0.29) is 5.56 Å². The first-order valence-corrected chi connectivity index (χ1v) is 6.35. The number of carboxylic acid groups (broad SMARTS) is 1. The molecule has 0 aromatic carbocycles. The number of aromatic nitrogens is 3. The fourth-order valence-electron chi connectivity index (χ4n) is 2.05. The van der Waals surface area contributed by atoms with Gasteiger partial charge in [-0.15, -0.1) is 0 Å². The fraction of sp³-hybridized carbons (Fsp3) is 0.357. The number of carboxylic acids is 1. The van der Waals surface area contributed by atoms with Gasteiger partial charge in [-0.1, -0.05) is 13.8 Å². The molecular weight excluding hydrogens is 242 g/mol. The molecule has 2 aromatic heterocycles. The molecule has 0 bridgehead atoms. The summed E-state index contributed by atoms with van der Waals surface area (Å²) in [7, 11) is 0.